The molecule has 6 atom stereocenters. The fraction of sp³-hybridized carbons (Fsp3) is 0.417. The maximum absolute atomic E-state index is 11.2. The Morgan fingerprint density at radius 2 is 2.06 bits per heavy atom. The van der Waals surface area contributed by atoms with Crippen molar-refractivity contribution < 1.29 is 10.2 Å². The van der Waals surface area contributed by atoms with Crippen LogP contribution in [-0.4, -0.2) is 49.7 Å². The molecule has 1 spiro atoms. The second-order valence-corrected chi connectivity index (χ2v) is 10.5. The molecule has 1 aromatic carbocycles. The van der Waals surface area contributed by atoms with Crippen molar-refractivity contribution in [2.75, 3.05) is 11.9 Å². The maximum atomic E-state index is 11.2. The zero-order chi connectivity index (χ0) is 22.9. The summed E-state index contributed by atoms with van der Waals surface area (Å²) in [5, 5.41) is 30.2. The number of aromatic nitrogens is 3. The van der Waals surface area contributed by atoms with Crippen LogP contribution in [0, 0.1) is 12.3 Å². The fourth-order valence-electron chi connectivity index (χ4n) is 5.87. The SMILES string of the molecule is Cc1ncnc2c1ccn2[C@@H]1C[C@@]2(CN[C@@H](c3ccc4c(c3)NC(N)C(Br)=C4)C2)[C@@H](O)[C@H]1O. The normalized spacial score (nSPS) is 33.4. The second-order valence-electron chi connectivity index (χ2n) is 9.62. The Hall–Kier alpha value is -2.30. The quantitative estimate of drug-likeness (QED) is 0.359. The van der Waals surface area contributed by atoms with E-state index in [9.17, 15) is 10.2 Å². The Balaban J connectivity index is 1.28. The minimum Gasteiger partial charge on any atom is -0.390 e. The van der Waals surface area contributed by atoms with Crippen LogP contribution in [-0.2, 0) is 0 Å². The van der Waals surface area contributed by atoms with Gasteiger partial charge in [-0.25, -0.2) is 9.97 Å². The molecule has 1 unspecified atom stereocenters. The number of rotatable bonds is 2. The number of nitrogens with one attached hydrogen (secondary N) is 2. The van der Waals surface area contributed by atoms with Crippen LogP contribution in [0.5, 0.6) is 0 Å². The van der Waals surface area contributed by atoms with Crippen molar-refractivity contribution in [1.29, 1.82) is 0 Å². The molecule has 2 aliphatic heterocycles. The fourth-order valence-corrected chi connectivity index (χ4v) is 6.23. The monoisotopic (exact) mass is 510 g/mol. The van der Waals surface area contributed by atoms with Gasteiger partial charge in [0.05, 0.1) is 17.8 Å². The second kappa shape index (κ2) is 7.61. The molecule has 4 heterocycles. The van der Waals surface area contributed by atoms with Gasteiger partial charge in [0, 0.05) is 39.8 Å². The van der Waals surface area contributed by atoms with Gasteiger partial charge in [0.1, 0.15) is 24.2 Å². The van der Waals surface area contributed by atoms with Gasteiger partial charge in [0.25, 0.3) is 0 Å². The molecule has 0 amide bonds. The van der Waals surface area contributed by atoms with Crippen LogP contribution in [0.4, 0.5) is 5.69 Å². The molecule has 0 radical (unpaired) electrons. The van der Waals surface area contributed by atoms with E-state index in [0.29, 0.717) is 13.0 Å². The molecule has 2 aromatic heterocycles. The number of hydrogen-bond acceptors (Lipinski definition) is 7. The number of nitrogens with zero attached hydrogens (tertiary/aromatic N) is 3. The summed E-state index contributed by atoms with van der Waals surface area (Å²) in [5.41, 5.74) is 10.7. The predicted octanol–water partition coefficient (Wildman–Crippen LogP) is 2.57. The summed E-state index contributed by atoms with van der Waals surface area (Å²) < 4.78 is 2.93. The minimum absolute atomic E-state index is 0.0919. The van der Waals surface area contributed by atoms with Gasteiger partial charge in [-0.05, 0) is 49.1 Å². The van der Waals surface area contributed by atoms with Gasteiger partial charge < -0.3 is 31.1 Å². The number of nitrogens with two attached hydrogens (primary N) is 1. The van der Waals surface area contributed by atoms with E-state index in [0.717, 1.165) is 44.4 Å². The molecule has 6 rings (SSSR count). The van der Waals surface area contributed by atoms with Crippen LogP contribution in [0.3, 0.4) is 0 Å². The third-order valence-corrected chi connectivity index (χ3v) is 8.44. The summed E-state index contributed by atoms with van der Waals surface area (Å²) in [4.78, 5) is 8.72. The van der Waals surface area contributed by atoms with Gasteiger partial charge >= 0.3 is 0 Å². The van der Waals surface area contributed by atoms with Gasteiger partial charge in [-0.3, -0.25) is 0 Å². The van der Waals surface area contributed by atoms with Gasteiger partial charge in [0.15, 0.2) is 0 Å². The van der Waals surface area contributed by atoms with Gasteiger partial charge in [-0.1, -0.05) is 28.1 Å². The summed E-state index contributed by atoms with van der Waals surface area (Å²) in [6, 6.07) is 8.19. The number of aliphatic hydroxyl groups is 2. The standard InChI is InChI=1S/C24H27BrN6O2/c1-12-15-4-5-31(23(15)29-11-28-12)19-9-24(21(33)20(19)32)8-18(27-10-24)14-3-2-13-6-16(25)22(26)30-17(13)7-14/h2-7,11,18-22,27,30,32-33H,8-10,26H2,1H3/t18-,19-,20+,21+,22?,24+/m1/s1. The van der Waals surface area contributed by atoms with Crippen LogP contribution < -0.4 is 16.4 Å². The summed E-state index contributed by atoms with van der Waals surface area (Å²) >= 11 is 3.50. The van der Waals surface area contributed by atoms with E-state index in [2.05, 4.69) is 54.7 Å². The molecule has 172 valence electrons. The topological polar surface area (TPSA) is 121 Å². The number of aliphatic hydroxyl groups excluding tert-OH is 2. The molecule has 3 aromatic rings. The summed E-state index contributed by atoms with van der Waals surface area (Å²) in [6.45, 7) is 2.60. The lowest BCUT2D eigenvalue weighted by Crippen LogP contribution is -2.38. The highest BCUT2D eigenvalue weighted by Crippen LogP contribution is 2.53. The Bertz CT molecular complexity index is 1280. The largest absolute Gasteiger partial charge is 0.390 e. The Kier molecular flexibility index (Phi) is 4.90. The number of fused-ring (bicyclic) bond motifs is 2. The molecule has 1 aliphatic carbocycles. The average Bonchev–Trinajstić information content (AvgIpc) is 3.48. The highest BCUT2D eigenvalue weighted by molar-refractivity contribution is 9.11. The van der Waals surface area contributed by atoms with E-state index < -0.39 is 17.6 Å². The third-order valence-electron chi connectivity index (χ3n) is 7.72. The minimum atomic E-state index is -0.859. The van der Waals surface area contributed by atoms with Crippen molar-refractivity contribution in [1.82, 2.24) is 19.9 Å². The highest BCUT2D eigenvalue weighted by Gasteiger charge is 2.56. The van der Waals surface area contributed by atoms with E-state index in [1.54, 1.807) is 6.33 Å². The molecular formula is C24H27BrN6O2. The summed E-state index contributed by atoms with van der Waals surface area (Å²) in [7, 11) is 0. The summed E-state index contributed by atoms with van der Waals surface area (Å²) in [6.07, 6.45) is 5.04. The summed E-state index contributed by atoms with van der Waals surface area (Å²) in [5.74, 6) is 0. The van der Waals surface area contributed by atoms with Crippen LogP contribution >= 0.6 is 15.9 Å². The smallest absolute Gasteiger partial charge is 0.143 e. The van der Waals surface area contributed by atoms with E-state index in [4.69, 9.17) is 5.73 Å². The number of halogens is 1. The van der Waals surface area contributed by atoms with Crippen molar-refractivity contribution in [3.8, 4) is 0 Å². The molecule has 9 heteroatoms. The predicted molar refractivity (Wildman–Crippen MR) is 131 cm³/mol. The molecule has 2 fully saturated rings. The van der Waals surface area contributed by atoms with Crippen LogP contribution in [0.15, 0.2) is 41.3 Å². The van der Waals surface area contributed by atoms with E-state index in [1.165, 1.54) is 0 Å². The first-order chi connectivity index (χ1) is 15.9. The Morgan fingerprint density at radius 3 is 2.91 bits per heavy atom. The van der Waals surface area contributed by atoms with Crippen molar-refractivity contribution in [3.63, 3.8) is 0 Å². The molecule has 6 N–H and O–H groups in total. The highest BCUT2D eigenvalue weighted by atomic mass is 79.9. The maximum Gasteiger partial charge on any atom is 0.143 e. The van der Waals surface area contributed by atoms with Crippen LogP contribution in [0.1, 0.15) is 41.7 Å². The van der Waals surface area contributed by atoms with Crippen molar-refractivity contribution in [3.05, 3.63) is 58.1 Å². The molecule has 1 saturated carbocycles. The molecule has 8 nitrogen and oxygen atoms in total. The van der Waals surface area contributed by atoms with Gasteiger partial charge in [-0.2, -0.15) is 0 Å². The van der Waals surface area contributed by atoms with Crippen molar-refractivity contribution in [2.45, 2.75) is 50.2 Å². The Morgan fingerprint density at radius 1 is 1.21 bits per heavy atom. The van der Waals surface area contributed by atoms with E-state index in [-0.39, 0.29) is 18.2 Å². The number of benzene rings is 1. The first-order valence-electron chi connectivity index (χ1n) is 11.3. The lowest BCUT2D eigenvalue weighted by Gasteiger charge is -2.27. The van der Waals surface area contributed by atoms with Gasteiger partial charge in [0.2, 0.25) is 0 Å². The van der Waals surface area contributed by atoms with Crippen LogP contribution in [0.2, 0.25) is 0 Å². The lowest BCUT2D eigenvalue weighted by molar-refractivity contribution is -0.0218. The van der Waals surface area contributed by atoms with Crippen molar-refractivity contribution in [2.24, 2.45) is 11.1 Å². The lowest BCUT2D eigenvalue weighted by atomic mass is 9.80. The molecular weight excluding hydrogens is 484 g/mol. The zero-order valence-electron chi connectivity index (χ0n) is 18.2. The number of anilines is 1. The van der Waals surface area contributed by atoms with Gasteiger partial charge in [-0.15, -0.1) is 0 Å². The third kappa shape index (κ3) is 3.25. The zero-order valence-corrected chi connectivity index (χ0v) is 19.8. The van der Waals surface area contributed by atoms with Crippen molar-refractivity contribution >= 4 is 38.7 Å². The molecule has 0 bridgehead atoms. The number of aryl methyl sites for hydroxylation is 1. The molecule has 1 saturated heterocycles. The first-order valence-corrected chi connectivity index (χ1v) is 12.1. The Labute approximate surface area is 200 Å². The first kappa shape index (κ1) is 21.2. The molecule has 3 aliphatic rings. The van der Waals surface area contributed by atoms with E-state index >= 15 is 0 Å². The average molecular weight is 511 g/mol. The van der Waals surface area contributed by atoms with E-state index in [1.807, 2.05) is 29.8 Å². The van der Waals surface area contributed by atoms with Crippen LogP contribution in [0.25, 0.3) is 17.1 Å². The number of hydrogen-bond donors (Lipinski definition) is 5. The molecule has 33 heavy (non-hydrogen) atoms.